The van der Waals surface area contributed by atoms with Crippen molar-refractivity contribution in [1.82, 2.24) is 30.0 Å². The molecule has 2 atom stereocenters. The van der Waals surface area contributed by atoms with Gasteiger partial charge in [-0.05, 0) is 30.7 Å². The van der Waals surface area contributed by atoms with E-state index in [1.807, 2.05) is 49.5 Å². The molecule has 3 saturated heterocycles. The molecular formula is C22H22N8O. The zero-order valence-corrected chi connectivity index (χ0v) is 17.0. The van der Waals surface area contributed by atoms with Crippen molar-refractivity contribution in [3.05, 3.63) is 54.2 Å². The second-order valence-electron chi connectivity index (χ2n) is 8.20. The molecule has 6 heterocycles. The summed E-state index contributed by atoms with van der Waals surface area (Å²) in [5.74, 6) is 1.85. The van der Waals surface area contributed by atoms with Gasteiger partial charge in [0.2, 0.25) is 0 Å². The van der Waals surface area contributed by atoms with E-state index in [9.17, 15) is 4.79 Å². The van der Waals surface area contributed by atoms with Crippen molar-refractivity contribution >= 4 is 28.6 Å². The maximum atomic E-state index is 12.7. The first-order valence-electron chi connectivity index (χ1n) is 10.4. The highest BCUT2D eigenvalue weighted by Crippen LogP contribution is 2.25. The van der Waals surface area contributed by atoms with Crippen LogP contribution in [0.5, 0.6) is 0 Å². The maximum absolute atomic E-state index is 12.7. The Morgan fingerprint density at radius 2 is 1.97 bits per heavy atom. The van der Waals surface area contributed by atoms with Crippen LogP contribution in [0.4, 0.5) is 11.6 Å². The van der Waals surface area contributed by atoms with Crippen molar-refractivity contribution in [2.24, 2.45) is 7.05 Å². The molecule has 156 valence electrons. The normalized spacial score (nSPS) is 20.0. The highest BCUT2D eigenvalue weighted by Gasteiger charge is 2.36. The minimum atomic E-state index is -0.239. The predicted octanol–water partition coefficient (Wildman–Crippen LogP) is 2.16. The van der Waals surface area contributed by atoms with Crippen LogP contribution in [0.15, 0.2) is 48.7 Å². The van der Waals surface area contributed by atoms with Crippen molar-refractivity contribution in [3.8, 4) is 11.5 Å². The summed E-state index contributed by atoms with van der Waals surface area (Å²) in [5.41, 5.74) is 3.13. The largest absolute Gasteiger partial charge is 0.353 e. The molecule has 0 saturated carbocycles. The number of nitrogens with one attached hydrogen (secondary N) is 3. The van der Waals surface area contributed by atoms with Crippen molar-refractivity contribution in [2.45, 2.75) is 18.5 Å². The van der Waals surface area contributed by atoms with Gasteiger partial charge in [-0.15, -0.1) is 0 Å². The molecule has 0 spiro atoms. The summed E-state index contributed by atoms with van der Waals surface area (Å²) in [7, 11) is 1.83. The molecule has 0 radical (unpaired) electrons. The minimum absolute atomic E-state index is 0.239. The van der Waals surface area contributed by atoms with Crippen LogP contribution < -0.4 is 15.5 Å². The molecule has 4 aromatic rings. The van der Waals surface area contributed by atoms with Crippen molar-refractivity contribution in [2.75, 3.05) is 23.3 Å². The van der Waals surface area contributed by atoms with Crippen LogP contribution in [0.2, 0.25) is 0 Å². The first-order valence-corrected chi connectivity index (χ1v) is 10.4. The smallest absolute Gasteiger partial charge is 0.258 e. The van der Waals surface area contributed by atoms with Gasteiger partial charge in [0.25, 0.3) is 5.91 Å². The van der Waals surface area contributed by atoms with Crippen LogP contribution in [-0.4, -0.2) is 55.8 Å². The third-order valence-electron chi connectivity index (χ3n) is 6.01. The monoisotopic (exact) mass is 414 g/mol. The summed E-state index contributed by atoms with van der Waals surface area (Å²) >= 11 is 0. The van der Waals surface area contributed by atoms with E-state index in [4.69, 9.17) is 0 Å². The minimum Gasteiger partial charge on any atom is -0.353 e. The number of piperidine rings is 1. The fourth-order valence-electron chi connectivity index (χ4n) is 4.42. The van der Waals surface area contributed by atoms with Gasteiger partial charge in [0.1, 0.15) is 11.5 Å². The molecule has 3 aromatic heterocycles. The Morgan fingerprint density at radius 3 is 2.71 bits per heavy atom. The number of fused-ring (bicyclic) bond motifs is 3. The molecule has 2 unspecified atom stereocenters. The van der Waals surface area contributed by atoms with Gasteiger partial charge in [0, 0.05) is 44.5 Å². The Hall–Kier alpha value is -3.72. The van der Waals surface area contributed by atoms with Crippen LogP contribution in [0, 0.1) is 0 Å². The van der Waals surface area contributed by atoms with Gasteiger partial charge >= 0.3 is 0 Å². The van der Waals surface area contributed by atoms with Crippen LogP contribution >= 0.6 is 0 Å². The van der Waals surface area contributed by atoms with E-state index >= 15 is 0 Å². The molecule has 3 N–H and O–H groups in total. The van der Waals surface area contributed by atoms with Gasteiger partial charge < -0.3 is 20.5 Å². The lowest BCUT2D eigenvalue weighted by Gasteiger charge is -2.48. The lowest BCUT2D eigenvalue weighted by Crippen LogP contribution is -2.67. The Balaban J connectivity index is 1.18. The first kappa shape index (κ1) is 18.1. The van der Waals surface area contributed by atoms with E-state index in [0.29, 0.717) is 29.3 Å². The molecular weight excluding hydrogens is 392 g/mol. The number of benzene rings is 1. The summed E-state index contributed by atoms with van der Waals surface area (Å²) < 4.78 is 1.70. The number of imidazole rings is 1. The Morgan fingerprint density at radius 1 is 1.16 bits per heavy atom. The van der Waals surface area contributed by atoms with Crippen LogP contribution in [0.1, 0.15) is 16.8 Å². The maximum Gasteiger partial charge on any atom is 0.258 e. The summed E-state index contributed by atoms with van der Waals surface area (Å²) in [4.78, 5) is 27.4. The number of carbonyl (C=O) groups excluding carboxylic acids is 1. The second kappa shape index (κ2) is 6.92. The number of aromatic nitrogens is 5. The molecule has 7 rings (SSSR count). The van der Waals surface area contributed by atoms with Gasteiger partial charge in [0.05, 0.1) is 16.6 Å². The predicted molar refractivity (Wildman–Crippen MR) is 118 cm³/mol. The zero-order valence-electron chi connectivity index (χ0n) is 17.0. The number of H-pyrrole nitrogens is 1. The molecule has 2 bridgehead atoms. The van der Waals surface area contributed by atoms with Gasteiger partial charge in [-0.2, -0.15) is 5.10 Å². The first-order chi connectivity index (χ1) is 15.1. The highest BCUT2D eigenvalue weighted by molar-refractivity contribution is 6.03. The number of hydrogen-bond acceptors (Lipinski definition) is 6. The molecule has 1 aromatic carbocycles. The highest BCUT2D eigenvalue weighted by atomic mass is 16.1. The van der Waals surface area contributed by atoms with E-state index in [0.717, 1.165) is 35.6 Å². The van der Waals surface area contributed by atoms with Crippen LogP contribution in [0.3, 0.4) is 0 Å². The number of carbonyl (C=O) groups is 1. The SMILES string of the molecule is Cn1nc(NC(=O)c2ccc(N3CC4CC(C3)N4)nc2)cc1-c1nc2ccccc2[nH]1. The molecule has 9 nitrogen and oxygen atoms in total. The lowest BCUT2D eigenvalue weighted by atomic mass is 9.91. The third kappa shape index (κ3) is 3.23. The number of amides is 1. The fraction of sp³-hybridized carbons (Fsp3) is 0.273. The Labute approximate surface area is 178 Å². The standard InChI is InChI=1S/C22H22N8O/c1-29-18(21-25-16-4-2-3-5-17(16)26-21)9-19(28-29)27-22(31)13-6-7-20(23-10-13)30-11-14-8-15(12-30)24-14/h2-7,9-10,14-15,24H,8,11-12H2,1H3,(H,25,26)(H,27,28,31). The average Bonchev–Trinajstić information content (AvgIpc) is 3.36. The van der Waals surface area contributed by atoms with Gasteiger partial charge in [-0.3, -0.25) is 9.48 Å². The number of nitrogens with zero attached hydrogens (tertiary/aromatic N) is 5. The van der Waals surface area contributed by atoms with Gasteiger partial charge in [-0.1, -0.05) is 12.1 Å². The summed E-state index contributed by atoms with van der Waals surface area (Å²) in [6.45, 7) is 1.93. The summed E-state index contributed by atoms with van der Waals surface area (Å²) in [6, 6.07) is 14.5. The lowest BCUT2D eigenvalue weighted by molar-refractivity contribution is 0.102. The summed E-state index contributed by atoms with van der Waals surface area (Å²) in [5, 5.41) is 10.8. The van der Waals surface area contributed by atoms with E-state index in [-0.39, 0.29) is 5.91 Å². The van der Waals surface area contributed by atoms with E-state index in [2.05, 4.69) is 35.6 Å². The molecule has 1 amide bonds. The molecule has 9 heteroatoms. The van der Waals surface area contributed by atoms with E-state index in [1.54, 1.807) is 10.9 Å². The van der Waals surface area contributed by atoms with Crippen LogP contribution in [-0.2, 0) is 7.05 Å². The molecule has 0 aliphatic carbocycles. The quantitative estimate of drug-likeness (QED) is 0.473. The number of aromatic amines is 1. The van der Waals surface area contributed by atoms with Crippen LogP contribution in [0.25, 0.3) is 22.6 Å². The fourth-order valence-corrected chi connectivity index (χ4v) is 4.42. The summed E-state index contributed by atoms with van der Waals surface area (Å²) in [6.07, 6.45) is 2.87. The number of rotatable bonds is 4. The van der Waals surface area contributed by atoms with Gasteiger partial charge in [0.15, 0.2) is 11.6 Å². The molecule has 31 heavy (non-hydrogen) atoms. The number of anilines is 2. The molecule has 3 aliphatic heterocycles. The number of piperazine rings is 1. The number of aryl methyl sites for hydroxylation is 1. The second-order valence-corrected chi connectivity index (χ2v) is 8.20. The van der Waals surface area contributed by atoms with Crippen molar-refractivity contribution < 1.29 is 4.79 Å². The van der Waals surface area contributed by atoms with Gasteiger partial charge in [-0.25, -0.2) is 9.97 Å². The molecule has 3 fully saturated rings. The van der Waals surface area contributed by atoms with E-state index in [1.165, 1.54) is 6.42 Å². The Kier molecular flexibility index (Phi) is 4.03. The number of pyridine rings is 1. The Bertz CT molecular complexity index is 1230. The zero-order chi connectivity index (χ0) is 20.9. The number of hydrogen-bond donors (Lipinski definition) is 3. The number of para-hydroxylation sites is 2. The third-order valence-corrected chi connectivity index (χ3v) is 6.01. The topological polar surface area (TPSA) is 104 Å². The van der Waals surface area contributed by atoms with Crippen molar-refractivity contribution in [1.29, 1.82) is 0 Å². The van der Waals surface area contributed by atoms with Crippen molar-refractivity contribution in [3.63, 3.8) is 0 Å². The average molecular weight is 414 g/mol. The van der Waals surface area contributed by atoms with E-state index < -0.39 is 0 Å². The molecule has 3 aliphatic rings.